The molecule has 1 saturated carbocycles. The van der Waals surface area contributed by atoms with E-state index in [-0.39, 0.29) is 27.3 Å². The van der Waals surface area contributed by atoms with Crippen LogP contribution in [0.5, 0.6) is 11.5 Å². The minimum absolute atomic E-state index is 0.0803. The van der Waals surface area contributed by atoms with Crippen molar-refractivity contribution in [1.29, 1.82) is 5.26 Å². The number of aromatic nitrogens is 3. The van der Waals surface area contributed by atoms with Crippen LogP contribution in [0.3, 0.4) is 0 Å². The van der Waals surface area contributed by atoms with Gasteiger partial charge in [-0.05, 0) is 35.9 Å². The summed E-state index contributed by atoms with van der Waals surface area (Å²) >= 11 is 12.7. The van der Waals surface area contributed by atoms with Crippen LogP contribution in [0.15, 0.2) is 39.9 Å². The van der Waals surface area contributed by atoms with Crippen LogP contribution in [0.2, 0.25) is 10.0 Å². The molecule has 3 aromatic rings. The van der Waals surface area contributed by atoms with Gasteiger partial charge in [-0.2, -0.15) is 9.94 Å². The highest BCUT2D eigenvalue weighted by molar-refractivity contribution is 6.37. The fourth-order valence-corrected chi connectivity index (χ4v) is 4.20. The van der Waals surface area contributed by atoms with Crippen molar-refractivity contribution in [2.75, 3.05) is 11.9 Å². The lowest BCUT2D eigenvalue weighted by Crippen LogP contribution is -2.33. The number of nitrogens with zero attached hydrogens (tertiary/aromatic N) is 3. The van der Waals surface area contributed by atoms with Gasteiger partial charge < -0.3 is 10.1 Å². The number of anilines is 1. The van der Waals surface area contributed by atoms with Crippen molar-refractivity contribution < 1.29 is 9.53 Å². The van der Waals surface area contributed by atoms with Crippen LogP contribution in [-0.4, -0.2) is 27.1 Å². The molecule has 1 atom stereocenters. The van der Waals surface area contributed by atoms with Crippen molar-refractivity contribution in [3.8, 4) is 23.3 Å². The number of H-pyrrole nitrogens is 1. The summed E-state index contributed by atoms with van der Waals surface area (Å²) in [6.45, 7) is 0.576. The van der Waals surface area contributed by atoms with Crippen molar-refractivity contribution in [1.82, 2.24) is 14.8 Å². The number of hydrogen-bond acceptors (Lipinski definition) is 7. The summed E-state index contributed by atoms with van der Waals surface area (Å²) in [5, 5.41) is 16.1. The molecule has 1 fully saturated rings. The van der Waals surface area contributed by atoms with Crippen LogP contribution in [0.4, 0.5) is 5.69 Å². The van der Waals surface area contributed by atoms with Crippen molar-refractivity contribution in [3.05, 3.63) is 72.5 Å². The first-order valence-electron chi connectivity index (χ1n) is 9.05. The molecule has 1 aliphatic carbocycles. The van der Waals surface area contributed by atoms with Gasteiger partial charge in [0.2, 0.25) is 5.69 Å². The first-order valence-corrected chi connectivity index (χ1v) is 9.81. The second-order valence-electron chi connectivity index (χ2n) is 7.22. The Morgan fingerprint density at radius 3 is 2.52 bits per heavy atom. The number of nitrogens with one attached hydrogen (secondary N) is 2. The molecule has 2 aromatic carbocycles. The van der Waals surface area contributed by atoms with Crippen LogP contribution < -0.4 is 21.3 Å². The summed E-state index contributed by atoms with van der Waals surface area (Å²) in [6, 6.07) is 9.69. The average Bonchev–Trinajstić information content (AvgIpc) is 3.25. The Labute approximate surface area is 183 Å². The Kier molecular flexibility index (Phi) is 4.18. The topological polar surface area (TPSA) is 130 Å². The highest BCUT2D eigenvalue weighted by Gasteiger charge is 2.58. The number of halogens is 2. The van der Waals surface area contributed by atoms with Gasteiger partial charge in [-0.15, -0.1) is 5.10 Å². The summed E-state index contributed by atoms with van der Waals surface area (Å²) < 4.78 is 6.70. The van der Waals surface area contributed by atoms with Gasteiger partial charge in [0.05, 0.1) is 21.1 Å². The van der Waals surface area contributed by atoms with Crippen LogP contribution in [0, 0.1) is 11.3 Å². The molecule has 0 amide bonds. The lowest BCUT2D eigenvalue weighted by atomic mass is 9.98. The van der Waals surface area contributed by atoms with Gasteiger partial charge in [0.25, 0.3) is 5.56 Å². The second-order valence-corrected chi connectivity index (χ2v) is 8.03. The first kappa shape index (κ1) is 19.4. The Balaban J connectivity index is 1.52. The van der Waals surface area contributed by atoms with Crippen LogP contribution >= 0.6 is 23.2 Å². The number of carbonyl (C=O) groups excluding carboxylic acids is 1. The molecule has 0 bridgehead atoms. The number of Topliss-reactive ketones (excluding diaryl/α,β-unsaturated/α-hetero) is 1. The zero-order valence-electron chi connectivity index (χ0n) is 15.5. The number of carbonyl (C=O) groups is 1. The van der Waals surface area contributed by atoms with E-state index in [0.29, 0.717) is 18.7 Å². The summed E-state index contributed by atoms with van der Waals surface area (Å²) in [7, 11) is 0. The molecule has 1 spiro atoms. The fraction of sp³-hybridized carbons (Fsp3) is 0.150. The third kappa shape index (κ3) is 3.00. The van der Waals surface area contributed by atoms with E-state index in [0.717, 1.165) is 15.9 Å². The third-order valence-corrected chi connectivity index (χ3v) is 5.90. The van der Waals surface area contributed by atoms with Crippen LogP contribution in [-0.2, 0) is 10.2 Å². The van der Waals surface area contributed by atoms with Crippen molar-refractivity contribution in [2.24, 2.45) is 0 Å². The molecule has 11 heteroatoms. The Morgan fingerprint density at radius 2 is 1.87 bits per heavy atom. The van der Waals surface area contributed by atoms with Crippen molar-refractivity contribution >= 4 is 34.7 Å². The lowest BCUT2D eigenvalue weighted by Gasteiger charge is -2.13. The normalized spacial score (nSPS) is 18.4. The highest BCUT2D eigenvalue weighted by Crippen LogP contribution is 2.52. The number of fused-ring (bicyclic) bond motifs is 2. The van der Waals surface area contributed by atoms with E-state index in [2.05, 4.69) is 10.4 Å². The predicted molar refractivity (Wildman–Crippen MR) is 111 cm³/mol. The smallest absolute Gasteiger partial charge is 0.349 e. The van der Waals surface area contributed by atoms with E-state index in [9.17, 15) is 14.4 Å². The third-order valence-electron chi connectivity index (χ3n) is 5.34. The molecule has 154 valence electrons. The van der Waals surface area contributed by atoms with E-state index >= 15 is 0 Å². The lowest BCUT2D eigenvalue weighted by molar-refractivity contribution is -0.111. The molecular formula is C20H11Cl2N5O4. The minimum Gasteiger partial charge on any atom is -0.454 e. The van der Waals surface area contributed by atoms with Gasteiger partial charge in [0.15, 0.2) is 5.75 Å². The summed E-state index contributed by atoms with van der Waals surface area (Å²) in [5.41, 5.74) is -0.784. The van der Waals surface area contributed by atoms with Gasteiger partial charge in [-0.25, -0.2) is 4.79 Å². The molecule has 2 N–H and O–H groups in total. The minimum atomic E-state index is -0.890. The number of nitriles is 1. The van der Waals surface area contributed by atoms with Gasteiger partial charge in [-0.1, -0.05) is 23.2 Å². The maximum absolute atomic E-state index is 12.1. The van der Waals surface area contributed by atoms with Gasteiger partial charge in [-0.3, -0.25) is 14.6 Å². The average molecular weight is 456 g/mol. The molecule has 31 heavy (non-hydrogen) atoms. The maximum atomic E-state index is 12.1. The molecule has 1 aliphatic heterocycles. The van der Waals surface area contributed by atoms with E-state index < -0.39 is 22.4 Å². The molecule has 0 radical (unpaired) electrons. The zero-order valence-corrected chi connectivity index (χ0v) is 17.0. The van der Waals surface area contributed by atoms with Crippen molar-refractivity contribution in [3.63, 3.8) is 0 Å². The van der Waals surface area contributed by atoms with E-state index in [1.807, 2.05) is 11.1 Å². The number of aromatic amines is 1. The van der Waals surface area contributed by atoms with Gasteiger partial charge in [0.1, 0.15) is 17.6 Å². The molecule has 9 nitrogen and oxygen atoms in total. The molecule has 2 heterocycles. The first-order chi connectivity index (χ1) is 14.8. The zero-order chi connectivity index (χ0) is 21.9. The molecule has 5 rings (SSSR count). The summed E-state index contributed by atoms with van der Waals surface area (Å²) in [6.07, 6.45) is 0.498. The molecule has 0 saturated heterocycles. The molecular weight excluding hydrogens is 445 g/mol. The molecule has 2 aliphatic rings. The summed E-state index contributed by atoms with van der Waals surface area (Å²) in [4.78, 5) is 37.6. The van der Waals surface area contributed by atoms with Gasteiger partial charge in [0, 0.05) is 18.7 Å². The standard InChI is InChI=1S/C20H11Cl2N5O4/c21-12-3-9(27-19(30)25-18(29)15(7-23)26-27)4-13(22)17(12)31-10-1-2-14-11(5-10)20(8-24-14)6-16(20)28/h1-5,24H,6,8H2,(H,25,29,30). The number of rotatable bonds is 3. The largest absolute Gasteiger partial charge is 0.454 e. The fourth-order valence-electron chi connectivity index (χ4n) is 3.65. The number of benzene rings is 2. The maximum Gasteiger partial charge on any atom is 0.349 e. The Morgan fingerprint density at radius 1 is 1.16 bits per heavy atom. The number of ketones is 1. The summed E-state index contributed by atoms with van der Waals surface area (Å²) in [5.74, 6) is 0.781. The van der Waals surface area contributed by atoms with Gasteiger partial charge >= 0.3 is 5.69 Å². The van der Waals surface area contributed by atoms with Crippen LogP contribution in [0.25, 0.3) is 5.69 Å². The SMILES string of the molecule is N#Cc1nn(-c2cc(Cl)c(Oc3ccc4c(c3)C3(CN4)CC3=O)c(Cl)c2)c(=O)[nH]c1=O. The monoisotopic (exact) mass is 455 g/mol. The Bertz CT molecular complexity index is 1430. The van der Waals surface area contributed by atoms with E-state index in [1.165, 1.54) is 12.1 Å². The molecule has 1 aromatic heterocycles. The number of hydrogen-bond donors (Lipinski definition) is 2. The quantitative estimate of drug-likeness (QED) is 0.620. The Hall–Kier alpha value is -3.61. The number of ether oxygens (including phenoxy) is 1. The van der Waals surface area contributed by atoms with Crippen LogP contribution in [0.1, 0.15) is 17.7 Å². The molecule has 1 unspecified atom stereocenters. The highest BCUT2D eigenvalue weighted by atomic mass is 35.5. The van der Waals surface area contributed by atoms with E-state index in [4.69, 9.17) is 33.2 Å². The van der Waals surface area contributed by atoms with E-state index in [1.54, 1.807) is 18.2 Å². The predicted octanol–water partition coefficient (Wildman–Crippen LogP) is 2.53. The van der Waals surface area contributed by atoms with Crippen molar-refractivity contribution in [2.45, 2.75) is 11.8 Å². The second kappa shape index (κ2) is 6.70.